The van der Waals surface area contributed by atoms with Gasteiger partial charge in [-0.05, 0) is 27.7 Å². The van der Waals surface area contributed by atoms with Gasteiger partial charge in [0.15, 0.2) is 11.5 Å². The minimum absolute atomic E-state index is 0.220. The van der Waals surface area contributed by atoms with E-state index < -0.39 is 7.60 Å². The Morgan fingerprint density at radius 3 is 1.83 bits per heavy atom. The van der Waals surface area contributed by atoms with Crippen LogP contribution in [0.15, 0.2) is 12.1 Å². The van der Waals surface area contributed by atoms with Crippen LogP contribution in [0.1, 0.15) is 34.6 Å². The maximum atomic E-state index is 13.4. The molecular weight excluding hydrogens is 333 g/mol. The molecule has 0 saturated heterocycles. The Bertz CT molecular complexity index is 615. The smallest absolute Gasteiger partial charge is 0.364 e. The zero-order valence-corrected chi connectivity index (χ0v) is 16.1. The molecule has 8 heteroatoms. The quantitative estimate of drug-likeness (QED) is 0.717. The lowest BCUT2D eigenvalue weighted by atomic mass is 10.2. The average Bonchev–Trinajstić information content (AvgIpc) is 2.44. The number of nitrogens with one attached hydrogen (secondary N) is 1. The fourth-order valence-electron chi connectivity index (χ4n) is 2.08. The molecule has 0 saturated carbocycles. The van der Waals surface area contributed by atoms with Gasteiger partial charge in [0.2, 0.25) is 5.91 Å². The van der Waals surface area contributed by atoms with E-state index in [4.69, 9.17) is 18.5 Å². The summed E-state index contributed by atoms with van der Waals surface area (Å²) in [5.41, 5.74) is 0.296. The van der Waals surface area contributed by atoms with Gasteiger partial charge in [0.25, 0.3) is 0 Å². The number of methoxy groups -OCH3 is 2. The summed E-state index contributed by atoms with van der Waals surface area (Å²) in [4.78, 5) is 11.5. The predicted octanol–water partition coefficient (Wildman–Crippen LogP) is 3.33. The Labute approximate surface area is 143 Å². The van der Waals surface area contributed by atoms with E-state index in [9.17, 15) is 9.36 Å². The molecule has 0 radical (unpaired) electrons. The van der Waals surface area contributed by atoms with Crippen LogP contribution in [0.5, 0.6) is 11.5 Å². The van der Waals surface area contributed by atoms with Crippen molar-refractivity contribution in [2.45, 2.75) is 46.8 Å². The molecule has 1 aromatic carbocycles. The second-order valence-corrected chi connectivity index (χ2v) is 7.61. The Balaban J connectivity index is 3.59. The van der Waals surface area contributed by atoms with E-state index in [0.29, 0.717) is 17.2 Å². The third kappa shape index (κ3) is 5.23. The number of rotatable bonds is 8. The molecule has 1 aromatic rings. The summed E-state index contributed by atoms with van der Waals surface area (Å²) in [5, 5.41) is 2.87. The monoisotopic (exact) mass is 359 g/mol. The van der Waals surface area contributed by atoms with Crippen molar-refractivity contribution in [3.05, 3.63) is 12.1 Å². The Hall–Kier alpha value is -1.56. The molecule has 0 aliphatic heterocycles. The van der Waals surface area contributed by atoms with Crippen molar-refractivity contribution in [1.29, 1.82) is 0 Å². The van der Waals surface area contributed by atoms with E-state index in [1.165, 1.54) is 33.3 Å². The Kier molecular flexibility index (Phi) is 7.27. The van der Waals surface area contributed by atoms with Gasteiger partial charge in [0.1, 0.15) is 0 Å². The van der Waals surface area contributed by atoms with E-state index in [2.05, 4.69) is 5.32 Å². The van der Waals surface area contributed by atoms with Crippen molar-refractivity contribution in [3.8, 4) is 11.5 Å². The number of benzene rings is 1. The van der Waals surface area contributed by atoms with Crippen LogP contribution in [0, 0.1) is 0 Å². The largest absolute Gasteiger partial charge is 0.493 e. The van der Waals surface area contributed by atoms with Crippen molar-refractivity contribution in [2.24, 2.45) is 0 Å². The Morgan fingerprint density at radius 2 is 1.46 bits per heavy atom. The molecular formula is C16H26NO6P. The molecule has 0 bridgehead atoms. The first-order chi connectivity index (χ1) is 11.1. The second-order valence-electron chi connectivity index (χ2n) is 5.71. The zero-order valence-electron chi connectivity index (χ0n) is 15.2. The maximum Gasteiger partial charge on any atom is 0.364 e. The number of carbonyl (C=O) groups excluding carboxylic acids is 1. The average molecular weight is 359 g/mol. The van der Waals surface area contributed by atoms with E-state index in [1.54, 1.807) is 27.7 Å². The van der Waals surface area contributed by atoms with Crippen LogP contribution in [0.25, 0.3) is 0 Å². The molecule has 24 heavy (non-hydrogen) atoms. The van der Waals surface area contributed by atoms with Crippen LogP contribution < -0.4 is 20.1 Å². The van der Waals surface area contributed by atoms with Crippen molar-refractivity contribution in [3.63, 3.8) is 0 Å². The van der Waals surface area contributed by atoms with Gasteiger partial charge in [-0.2, -0.15) is 0 Å². The number of hydrogen-bond donors (Lipinski definition) is 1. The van der Waals surface area contributed by atoms with Gasteiger partial charge in [0, 0.05) is 19.1 Å². The maximum absolute atomic E-state index is 13.4. The van der Waals surface area contributed by atoms with Gasteiger partial charge in [-0.1, -0.05) is 0 Å². The van der Waals surface area contributed by atoms with Gasteiger partial charge in [-0.25, -0.2) is 0 Å². The van der Waals surface area contributed by atoms with Crippen molar-refractivity contribution >= 4 is 24.5 Å². The third-order valence-electron chi connectivity index (χ3n) is 2.81. The van der Waals surface area contributed by atoms with Gasteiger partial charge in [-0.3, -0.25) is 9.36 Å². The van der Waals surface area contributed by atoms with Crippen LogP contribution in [0.3, 0.4) is 0 Å². The first kappa shape index (κ1) is 20.5. The van der Waals surface area contributed by atoms with Crippen molar-refractivity contribution in [2.75, 3.05) is 19.5 Å². The second kappa shape index (κ2) is 8.51. The zero-order chi connectivity index (χ0) is 18.5. The van der Waals surface area contributed by atoms with Crippen molar-refractivity contribution < 1.29 is 27.9 Å². The lowest BCUT2D eigenvalue weighted by Crippen LogP contribution is -2.22. The molecule has 136 valence electrons. The van der Waals surface area contributed by atoms with E-state index >= 15 is 0 Å². The van der Waals surface area contributed by atoms with Gasteiger partial charge >= 0.3 is 7.60 Å². The molecule has 1 amide bonds. The Morgan fingerprint density at radius 1 is 1.00 bits per heavy atom. The van der Waals surface area contributed by atoms with Gasteiger partial charge < -0.3 is 23.8 Å². The van der Waals surface area contributed by atoms with Crippen LogP contribution >= 0.6 is 7.60 Å². The number of carbonyl (C=O) groups is 1. The summed E-state index contributed by atoms with van der Waals surface area (Å²) in [6, 6.07) is 3.05. The highest BCUT2D eigenvalue weighted by molar-refractivity contribution is 7.62. The fourth-order valence-corrected chi connectivity index (χ4v) is 4.16. The predicted molar refractivity (Wildman–Crippen MR) is 93.5 cm³/mol. The number of ether oxygens (including phenoxy) is 2. The molecule has 1 N–H and O–H groups in total. The topological polar surface area (TPSA) is 83.1 Å². The number of hydrogen-bond acceptors (Lipinski definition) is 6. The first-order valence-electron chi connectivity index (χ1n) is 7.64. The van der Waals surface area contributed by atoms with Crippen LogP contribution in [0.2, 0.25) is 0 Å². The van der Waals surface area contributed by atoms with E-state index in [-0.39, 0.29) is 23.4 Å². The molecule has 0 spiro atoms. The SMILES string of the molecule is COc1cc(NC(C)=O)c(P(=O)(OC(C)C)OC(C)C)cc1OC. The van der Waals surface area contributed by atoms with Crippen LogP contribution in [0.4, 0.5) is 5.69 Å². The normalized spacial score (nSPS) is 11.7. The summed E-state index contributed by atoms with van der Waals surface area (Å²) in [5.74, 6) is 0.441. The van der Waals surface area contributed by atoms with Crippen LogP contribution in [-0.2, 0) is 18.4 Å². The number of amides is 1. The van der Waals surface area contributed by atoms with E-state index in [1.807, 2.05) is 0 Å². The minimum Gasteiger partial charge on any atom is -0.493 e. The third-order valence-corrected chi connectivity index (χ3v) is 5.17. The summed E-state index contributed by atoms with van der Waals surface area (Å²) in [7, 11) is -0.753. The highest BCUT2D eigenvalue weighted by Crippen LogP contribution is 2.52. The minimum atomic E-state index is -3.70. The molecule has 0 aromatic heterocycles. The summed E-state index contributed by atoms with van der Waals surface area (Å²) in [6.45, 7) is 8.40. The molecule has 0 heterocycles. The number of anilines is 1. The molecule has 0 atom stereocenters. The van der Waals surface area contributed by atoms with E-state index in [0.717, 1.165) is 0 Å². The summed E-state index contributed by atoms with van der Waals surface area (Å²) < 4.78 is 35.2. The van der Waals surface area contributed by atoms with Gasteiger partial charge in [0.05, 0.1) is 37.4 Å². The lowest BCUT2D eigenvalue weighted by molar-refractivity contribution is -0.114. The standard InChI is InChI=1S/C16H26NO6P/c1-10(2)22-24(19,23-11(3)4)16-9-15(21-7)14(20-6)8-13(16)17-12(5)18/h8-11H,1-7H3,(H,17,18). The lowest BCUT2D eigenvalue weighted by Gasteiger charge is -2.25. The molecule has 0 unspecified atom stereocenters. The summed E-state index contributed by atoms with van der Waals surface area (Å²) in [6.07, 6.45) is -0.680. The van der Waals surface area contributed by atoms with Crippen LogP contribution in [-0.4, -0.2) is 32.3 Å². The van der Waals surface area contributed by atoms with Gasteiger partial charge in [-0.15, -0.1) is 0 Å². The highest BCUT2D eigenvalue weighted by Gasteiger charge is 2.34. The molecule has 0 fully saturated rings. The van der Waals surface area contributed by atoms with Crippen molar-refractivity contribution in [1.82, 2.24) is 0 Å². The first-order valence-corrected chi connectivity index (χ1v) is 9.18. The molecule has 0 aliphatic carbocycles. The molecule has 0 aliphatic rings. The molecule has 1 rings (SSSR count). The molecule has 7 nitrogen and oxygen atoms in total. The fraction of sp³-hybridized carbons (Fsp3) is 0.562. The highest BCUT2D eigenvalue weighted by atomic mass is 31.2. The summed E-state index contributed by atoms with van der Waals surface area (Å²) >= 11 is 0.